The van der Waals surface area contributed by atoms with Gasteiger partial charge in [0.2, 0.25) is 0 Å². The predicted octanol–water partition coefficient (Wildman–Crippen LogP) is -13.0. The van der Waals surface area contributed by atoms with E-state index >= 15 is 0 Å². The van der Waals surface area contributed by atoms with Crippen LogP contribution in [0.4, 0.5) is 0 Å². The minimum Gasteiger partial charge on any atom is -0.353 e. The Morgan fingerprint density at radius 1 is 0.265 bits per heavy atom. The van der Waals surface area contributed by atoms with Crippen molar-refractivity contribution in [2.45, 2.75) is 0 Å². The maximum absolute atomic E-state index is 4.90. The molecule has 0 spiro atoms. The van der Waals surface area contributed by atoms with Gasteiger partial charge in [0, 0.05) is 124 Å². The molecule has 8 heterocycles. The summed E-state index contributed by atoms with van der Waals surface area (Å²) in [6.07, 6.45) is 29.7. The SMILES string of the molecule is NCCN.NCCN.[NH3+]CC[NH3+].[NH3+]CC[NH3+].[Na+].[Na+].[Na+].[Na+].c1cc(-c2cc[nH+]cc2)ccn1.c1cc(-c2cc[nH+]cc2)ccn1.c1cc(-c2cc[nH+]cc2)ccn1.c1cc(-c2cc[nH+]cc2)ccn1. The number of H-pyrrole nitrogens is 4. The minimum absolute atomic E-state index is 0. The molecule has 0 fully saturated rings. The molecule has 8 rings (SSSR count). The fourth-order valence-corrected chi connectivity index (χ4v) is 4.49. The molecule has 0 radical (unpaired) electrons. The van der Waals surface area contributed by atoms with E-state index in [1.807, 2.05) is 147 Å². The van der Waals surface area contributed by atoms with Gasteiger partial charge in [-0.25, -0.2) is 19.9 Å². The Morgan fingerprint density at radius 2 is 0.397 bits per heavy atom. The van der Waals surface area contributed by atoms with Crippen LogP contribution in [0.3, 0.4) is 0 Å². The van der Waals surface area contributed by atoms with Crippen LogP contribution >= 0.6 is 0 Å². The Balaban J connectivity index is -0.000000357. The molecule has 0 aromatic carbocycles. The van der Waals surface area contributed by atoms with Crippen LogP contribution in [0.2, 0.25) is 0 Å². The van der Waals surface area contributed by atoms with Gasteiger partial charge < -0.3 is 45.9 Å². The summed E-state index contributed by atoms with van der Waals surface area (Å²) in [5.41, 5.74) is 43.4. The van der Waals surface area contributed by atoms with E-state index in [0.717, 1.165) is 26.2 Å². The van der Waals surface area contributed by atoms with Gasteiger partial charge in [0.25, 0.3) is 0 Å². The molecule has 20 heteroatoms. The van der Waals surface area contributed by atoms with Crippen molar-refractivity contribution in [3.05, 3.63) is 196 Å². The van der Waals surface area contributed by atoms with Gasteiger partial charge in [0.15, 0.2) is 49.6 Å². The third-order valence-electron chi connectivity index (χ3n) is 7.76. The zero-order chi connectivity index (χ0) is 46.6. The summed E-state index contributed by atoms with van der Waals surface area (Å²) in [6, 6.07) is 32.3. The van der Waals surface area contributed by atoms with Gasteiger partial charge in [-0.05, 0) is 93.0 Å². The van der Waals surface area contributed by atoms with Crippen molar-refractivity contribution in [3.63, 3.8) is 0 Å². The summed E-state index contributed by atoms with van der Waals surface area (Å²) in [7, 11) is 0. The number of hydrogen-bond acceptors (Lipinski definition) is 8. The number of nitrogens with zero attached hydrogens (tertiary/aromatic N) is 4. The number of nitrogens with one attached hydrogen (secondary N) is 4. The summed E-state index contributed by atoms with van der Waals surface area (Å²) >= 11 is 0. The largest absolute Gasteiger partial charge is 1.00 e. The van der Waals surface area contributed by atoms with Crippen molar-refractivity contribution in [2.75, 3.05) is 52.4 Å². The number of hydrogen-bond donors (Lipinski definition) is 8. The quantitative estimate of drug-likeness (QED) is 0.0675. The van der Waals surface area contributed by atoms with Gasteiger partial charge in [-0.15, -0.1) is 0 Å². The summed E-state index contributed by atoms with van der Waals surface area (Å²) in [5.74, 6) is 0. The predicted molar refractivity (Wildman–Crippen MR) is 252 cm³/mol. The van der Waals surface area contributed by atoms with Crippen LogP contribution in [0, 0.1) is 0 Å². The van der Waals surface area contributed by atoms with Crippen LogP contribution < -0.4 is 184 Å². The second-order valence-electron chi connectivity index (χ2n) is 12.7. The topological polar surface area (TPSA) is 323 Å². The maximum Gasteiger partial charge on any atom is 1.00 e. The van der Waals surface area contributed by atoms with Crippen molar-refractivity contribution in [1.82, 2.24) is 19.9 Å². The normalized spacial score (nSPS) is 8.59. The second kappa shape index (κ2) is 53.2. The summed E-state index contributed by atoms with van der Waals surface area (Å²) in [5, 5.41) is 0. The average Bonchev–Trinajstić information content (AvgIpc) is 3.41. The van der Waals surface area contributed by atoms with E-state index in [2.05, 4.69) is 62.8 Å². The Labute approximate surface area is 491 Å². The van der Waals surface area contributed by atoms with Gasteiger partial charge in [0.05, 0.1) is 0 Å². The Morgan fingerprint density at radius 3 is 0.515 bits per heavy atom. The van der Waals surface area contributed by atoms with Crippen LogP contribution in [-0.4, -0.2) is 72.3 Å². The molecule has 8 aromatic rings. The fourth-order valence-electron chi connectivity index (χ4n) is 4.49. The fraction of sp³-hybridized carbons (Fsp3) is 0.167. The van der Waals surface area contributed by atoms with Gasteiger partial charge in [-0.2, -0.15) is 0 Å². The number of rotatable bonds is 8. The first-order valence-corrected chi connectivity index (χ1v) is 21.0. The summed E-state index contributed by atoms with van der Waals surface area (Å²) < 4.78 is 0. The average molecular weight is 965 g/mol. The van der Waals surface area contributed by atoms with E-state index in [1.54, 1.807) is 49.6 Å². The third-order valence-corrected chi connectivity index (χ3v) is 7.76. The van der Waals surface area contributed by atoms with Crippen molar-refractivity contribution in [3.8, 4) is 44.5 Å². The van der Waals surface area contributed by atoms with E-state index in [4.69, 9.17) is 22.9 Å². The van der Waals surface area contributed by atoms with Gasteiger partial charge >= 0.3 is 118 Å². The number of aromatic amines is 4. The van der Waals surface area contributed by atoms with Crippen LogP contribution in [0.25, 0.3) is 44.5 Å². The molecular formula is C48H72N16Na4+12. The molecule has 0 saturated carbocycles. The number of pyridine rings is 8. The van der Waals surface area contributed by atoms with Gasteiger partial charge in [0.1, 0.15) is 26.2 Å². The molecule has 0 saturated heterocycles. The number of nitrogens with two attached hydrogens (primary N) is 4. The molecule has 0 aliphatic rings. The first-order valence-electron chi connectivity index (χ1n) is 21.0. The molecule has 0 amide bonds. The first kappa shape index (κ1) is 71.4. The zero-order valence-corrected chi connectivity index (χ0v) is 49.1. The van der Waals surface area contributed by atoms with Gasteiger partial charge in [-0.3, -0.25) is 19.9 Å². The molecule has 0 unspecified atom stereocenters. The van der Waals surface area contributed by atoms with E-state index in [0.29, 0.717) is 26.2 Å². The smallest absolute Gasteiger partial charge is 0.353 e. The number of quaternary nitrogens is 4. The Bertz CT molecular complexity index is 1680. The molecule has 336 valence electrons. The van der Waals surface area contributed by atoms with E-state index in [9.17, 15) is 0 Å². The van der Waals surface area contributed by atoms with Crippen LogP contribution in [0.5, 0.6) is 0 Å². The molecule has 68 heavy (non-hydrogen) atoms. The monoisotopic (exact) mass is 965 g/mol. The first-order chi connectivity index (χ1) is 31.5. The van der Waals surface area contributed by atoms with Crippen LogP contribution in [-0.2, 0) is 0 Å². The molecule has 0 aliphatic heterocycles. The maximum atomic E-state index is 4.90. The van der Waals surface area contributed by atoms with Crippen molar-refractivity contribution < 1.29 is 161 Å². The molecule has 0 bridgehead atoms. The Hall–Kier alpha value is -3.12. The van der Waals surface area contributed by atoms with Crippen molar-refractivity contribution in [1.29, 1.82) is 0 Å². The van der Waals surface area contributed by atoms with Gasteiger partial charge in [-0.1, -0.05) is 0 Å². The van der Waals surface area contributed by atoms with E-state index < -0.39 is 0 Å². The number of aromatic nitrogens is 8. The zero-order valence-electron chi connectivity index (χ0n) is 41.1. The standard InChI is InChI=1S/4C10H8N2.4C2H8N2.4Na/c4*1-5-11-6-2-9(1)10-3-7-12-8-4-10;4*3-1-2-4;;;;/h4*1-8H;4*1-4H2;;;;/q;;;;;;;;4*+1/p+8. The minimum atomic E-state index is 0. The molecular weight excluding hydrogens is 893 g/mol. The summed E-state index contributed by atoms with van der Waals surface area (Å²) in [6.45, 7) is 6.22. The van der Waals surface area contributed by atoms with Crippen molar-refractivity contribution >= 4 is 0 Å². The van der Waals surface area contributed by atoms with E-state index in [-0.39, 0.29) is 118 Å². The molecule has 8 aromatic heterocycles. The third kappa shape index (κ3) is 36.8. The van der Waals surface area contributed by atoms with Crippen LogP contribution in [0.1, 0.15) is 0 Å². The Kier molecular flexibility index (Phi) is 55.9. The summed E-state index contributed by atoms with van der Waals surface area (Å²) in [4.78, 5) is 27.8. The molecule has 24 N–H and O–H groups in total. The van der Waals surface area contributed by atoms with E-state index in [1.165, 1.54) is 44.5 Å². The molecule has 16 nitrogen and oxygen atoms in total. The second-order valence-corrected chi connectivity index (χ2v) is 12.7. The molecule has 0 aliphatic carbocycles. The van der Waals surface area contributed by atoms with Crippen LogP contribution in [0.15, 0.2) is 196 Å². The molecule has 0 atom stereocenters. The van der Waals surface area contributed by atoms with Crippen molar-refractivity contribution in [2.24, 2.45) is 22.9 Å².